The Morgan fingerprint density at radius 3 is 2.86 bits per heavy atom. The summed E-state index contributed by atoms with van der Waals surface area (Å²) in [5.41, 5.74) is 2.08. The van der Waals surface area contributed by atoms with Crippen LogP contribution in [0.3, 0.4) is 0 Å². The van der Waals surface area contributed by atoms with Gasteiger partial charge in [0.1, 0.15) is 0 Å². The van der Waals surface area contributed by atoms with Crippen molar-refractivity contribution in [2.45, 2.75) is 31.7 Å². The number of carbonyl (C=O) groups excluding carboxylic acids is 1. The predicted molar refractivity (Wildman–Crippen MR) is 80.9 cm³/mol. The van der Waals surface area contributed by atoms with Gasteiger partial charge in [0, 0.05) is 18.7 Å². The van der Waals surface area contributed by atoms with Gasteiger partial charge in [-0.2, -0.15) is 5.10 Å². The molecule has 1 heterocycles. The fourth-order valence-electron chi connectivity index (χ4n) is 2.88. The summed E-state index contributed by atoms with van der Waals surface area (Å²) >= 11 is 0. The Morgan fingerprint density at radius 1 is 1.29 bits per heavy atom. The van der Waals surface area contributed by atoms with Crippen molar-refractivity contribution in [2.24, 2.45) is 11.8 Å². The SMILES string of the molecule is O=C(Nc1cnn(CC2CC2)c1)C1CC1c1ccccc1. The van der Waals surface area contributed by atoms with E-state index < -0.39 is 0 Å². The van der Waals surface area contributed by atoms with Crippen molar-refractivity contribution in [3.8, 4) is 0 Å². The second kappa shape index (κ2) is 5.02. The van der Waals surface area contributed by atoms with Gasteiger partial charge in [-0.1, -0.05) is 30.3 Å². The standard InChI is InChI=1S/C17H19N3O/c21-17(16-8-15(16)13-4-2-1-3-5-13)19-14-9-18-20(11-14)10-12-6-7-12/h1-5,9,11-12,15-16H,6-8,10H2,(H,19,21). The number of nitrogens with zero attached hydrogens (tertiary/aromatic N) is 2. The Kier molecular flexibility index (Phi) is 3.02. The van der Waals surface area contributed by atoms with Gasteiger partial charge in [-0.15, -0.1) is 0 Å². The minimum atomic E-state index is 0.110. The number of carbonyl (C=O) groups is 1. The third kappa shape index (κ3) is 2.84. The van der Waals surface area contributed by atoms with Crippen LogP contribution < -0.4 is 5.32 Å². The molecule has 21 heavy (non-hydrogen) atoms. The Balaban J connectivity index is 1.35. The summed E-state index contributed by atoms with van der Waals surface area (Å²) < 4.78 is 1.94. The van der Waals surface area contributed by atoms with Crippen molar-refractivity contribution < 1.29 is 4.79 Å². The molecule has 2 aliphatic carbocycles. The highest BCUT2D eigenvalue weighted by Crippen LogP contribution is 2.47. The van der Waals surface area contributed by atoms with E-state index >= 15 is 0 Å². The molecule has 1 N–H and O–H groups in total. The van der Waals surface area contributed by atoms with E-state index in [0.717, 1.165) is 24.6 Å². The molecule has 108 valence electrons. The van der Waals surface area contributed by atoms with Crippen molar-refractivity contribution in [1.82, 2.24) is 9.78 Å². The molecule has 0 aliphatic heterocycles. The van der Waals surface area contributed by atoms with E-state index in [-0.39, 0.29) is 11.8 Å². The minimum absolute atomic E-state index is 0.110. The quantitative estimate of drug-likeness (QED) is 0.915. The van der Waals surface area contributed by atoms with Crippen LogP contribution in [0.1, 0.15) is 30.7 Å². The maximum absolute atomic E-state index is 12.3. The van der Waals surface area contributed by atoms with E-state index in [9.17, 15) is 4.79 Å². The molecule has 2 aromatic rings. The molecule has 1 aromatic carbocycles. The number of anilines is 1. The van der Waals surface area contributed by atoms with Gasteiger partial charge >= 0.3 is 0 Å². The van der Waals surface area contributed by atoms with Gasteiger partial charge < -0.3 is 5.32 Å². The van der Waals surface area contributed by atoms with E-state index in [4.69, 9.17) is 0 Å². The number of nitrogens with one attached hydrogen (secondary N) is 1. The highest BCUT2D eigenvalue weighted by atomic mass is 16.2. The molecule has 4 nitrogen and oxygen atoms in total. The molecular formula is C17H19N3O. The second-order valence-electron chi connectivity index (χ2n) is 6.24. The van der Waals surface area contributed by atoms with E-state index in [0.29, 0.717) is 5.92 Å². The lowest BCUT2D eigenvalue weighted by Crippen LogP contribution is -2.14. The van der Waals surface area contributed by atoms with E-state index in [1.54, 1.807) is 6.20 Å². The lowest BCUT2D eigenvalue weighted by Gasteiger charge is -2.02. The van der Waals surface area contributed by atoms with Gasteiger partial charge in [-0.05, 0) is 36.7 Å². The van der Waals surface area contributed by atoms with Crippen molar-refractivity contribution >= 4 is 11.6 Å². The van der Waals surface area contributed by atoms with Gasteiger partial charge in [0.25, 0.3) is 0 Å². The van der Waals surface area contributed by atoms with Gasteiger partial charge in [-0.3, -0.25) is 9.48 Å². The number of aromatic nitrogens is 2. The molecule has 1 amide bonds. The lowest BCUT2D eigenvalue weighted by atomic mass is 10.1. The Morgan fingerprint density at radius 2 is 2.10 bits per heavy atom. The van der Waals surface area contributed by atoms with Crippen molar-refractivity contribution in [3.63, 3.8) is 0 Å². The highest BCUT2D eigenvalue weighted by molar-refractivity contribution is 5.95. The first-order chi connectivity index (χ1) is 10.3. The summed E-state index contributed by atoms with van der Waals surface area (Å²) in [5.74, 6) is 1.40. The smallest absolute Gasteiger partial charge is 0.228 e. The number of hydrogen-bond acceptors (Lipinski definition) is 2. The molecule has 2 fully saturated rings. The Labute approximate surface area is 124 Å². The third-order valence-electron chi connectivity index (χ3n) is 4.40. The first-order valence-corrected chi connectivity index (χ1v) is 7.68. The molecule has 0 radical (unpaired) electrons. The number of hydrogen-bond donors (Lipinski definition) is 1. The molecule has 2 aliphatic rings. The first-order valence-electron chi connectivity index (χ1n) is 7.68. The van der Waals surface area contributed by atoms with Gasteiger partial charge in [0.2, 0.25) is 5.91 Å². The molecule has 0 spiro atoms. The fourth-order valence-corrected chi connectivity index (χ4v) is 2.88. The summed E-state index contributed by atoms with van der Waals surface area (Å²) in [5, 5.41) is 7.30. The van der Waals surface area contributed by atoms with Gasteiger partial charge in [0.05, 0.1) is 11.9 Å². The maximum atomic E-state index is 12.3. The molecule has 2 saturated carbocycles. The minimum Gasteiger partial charge on any atom is -0.323 e. The second-order valence-corrected chi connectivity index (χ2v) is 6.24. The topological polar surface area (TPSA) is 46.9 Å². The van der Waals surface area contributed by atoms with Crippen LogP contribution in [0.4, 0.5) is 5.69 Å². The molecule has 2 atom stereocenters. The monoisotopic (exact) mass is 281 g/mol. The van der Waals surface area contributed by atoms with Crippen LogP contribution in [0.25, 0.3) is 0 Å². The average Bonchev–Trinajstić information content (AvgIpc) is 3.40. The normalized spacial score (nSPS) is 23.8. The zero-order valence-corrected chi connectivity index (χ0v) is 11.9. The number of amides is 1. The summed E-state index contributed by atoms with van der Waals surface area (Å²) in [4.78, 5) is 12.3. The molecular weight excluding hydrogens is 262 g/mol. The zero-order chi connectivity index (χ0) is 14.2. The van der Waals surface area contributed by atoms with Crippen LogP contribution in [0, 0.1) is 11.8 Å². The van der Waals surface area contributed by atoms with Gasteiger partial charge in [0.15, 0.2) is 0 Å². The van der Waals surface area contributed by atoms with Crippen LogP contribution >= 0.6 is 0 Å². The molecule has 2 unspecified atom stereocenters. The lowest BCUT2D eigenvalue weighted by molar-refractivity contribution is -0.117. The summed E-state index contributed by atoms with van der Waals surface area (Å²) in [6.07, 6.45) is 7.26. The first kappa shape index (κ1) is 12.6. The molecule has 0 bridgehead atoms. The fraction of sp³-hybridized carbons (Fsp3) is 0.412. The van der Waals surface area contributed by atoms with E-state index in [1.165, 1.54) is 18.4 Å². The summed E-state index contributed by atoms with van der Waals surface area (Å²) in [6, 6.07) is 10.3. The largest absolute Gasteiger partial charge is 0.323 e. The molecule has 4 heteroatoms. The van der Waals surface area contributed by atoms with Crippen LogP contribution in [-0.2, 0) is 11.3 Å². The van der Waals surface area contributed by atoms with Crippen LogP contribution in [0.15, 0.2) is 42.7 Å². The van der Waals surface area contributed by atoms with Crippen LogP contribution in [0.2, 0.25) is 0 Å². The summed E-state index contributed by atoms with van der Waals surface area (Å²) in [6.45, 7) is 0.978. The van der Waals surface area contributed by atoms with Crippen molar-refractivity contribution in [3.05, 3.63) is 48.3 Å². The Hall–Kier alpha value is -2.10. The van der Waals surface area contributed by atoms with Crippen molar-refractivity contribution in [2.75, 3.05) is 5.32 Å². The van der Waals surface area contributed by atoms with E-state index in [2.05, 4.69) is 22.5 Å². The third-order valence-corrected chi connectivity index (χ3v) is 4.40. The number of benzene rings is 1. The molecule has 1 aromatic heterocycles. The Bertz CT molecular complexity index is 645. The predicted octanol–water partition coefficient (Wildman–Crippen LogP) is 3.04. The highest BCUT2D eigenvalue weighted by Gasteiger charge is 2.43. The zero-order valence-electron chi connectivity index (χ0n) is 11.9. The van der Waals surface area contributed by atoms with Crippen LogP contribution in [0.5, 0.6) is 0 Å². The molecule has 4 rings (SSSR count). The number of rotatable bonds is 5. The van der Waals surface area contributed by atoms with E-state index in [1.807, 2.05) is 29.1 Å². The molecule has 0 saturated heterocycles. The average molecular weight is 281 g/mol. The summed E-state index contributed by atoms with van der Waals surface area (Å²) in [7, 11) is 0. The van der Waals surface area contributed by atoms with Gasteiger partial charge in [-0.25, -0.2) is 0 Å². The van der Waals surface area contributed by atoms with Crippen LogP contribution in [-0.4, -0.2) is 15.7 Å². The maximum Gasteiger partial charge on any atom is 0.228 e. The van der Waals surface area contributed by atoms with Crippen molar-refractivity contribution in [1.29, 1.82) is 0 Å².